The molecule has 0 unspecified atom stereocenters. The highest BCUT2D eigenvalue weighted by Crippen LogP contribution is 1.74. The van der Waals surface area contributed by atoms with Crippen LogP contribution in [-0.4, -0.2) is 22.1 Å². The van der Waals surface area contributed by atoms with E-state index in [1.54, 1.807) is 0 Å². The fraction of sp³-hybridized carbons (Fsp3) is 0. The van der Waals surface area contributed by atoms with Crippen LogP contribution < -0.4 is 23.4 Å². The molecule has 0 fully saturated rings. The summed E-state index contributed by atoms with van der Waals surface area (Å²) in [6.07, 6.45) is 0. The fourth-order valence-electron chi connectivity index (χ4n) is 0.221. The molecule has 0 bridgehead atoms. The van der Waals surface area contributed by atoms with Crippen LogP contribution in [0, 0.1) is 0 Å². The molecule has 0 saturated carbocycles. The van der Waals surface area contributed by atoms with Crippen LogP contribution in [0.1, 0.15) is 0 Å². The second-order valence-corrected chi connectivity index (χ2v) is 1.42. The van der Waals surface area contributed by atoms with Gasteiger partial charge in [-0.1, -0.05) is 0 Å². The van der Waals surface area contributed by atoms with E-state index in [9.17, 15) is 9.59 Å². The molecular formula is C2H8N6O2. The predicted molar refractivity (Wildman–Crippen MR) is 30.4 cm³/mol. The Balaban J connectivity index is 4.10. The minimum atomic E-state index is -1.19. The minimum absolute atomic E-state index is 0.0923. The maximum absolute atomic E-state index is 10.4. The lowest BCUT2D eigenvalue weighted by Gasteiger charge is -2.11. The van der Waals surface area contributed by atoms with Gasteiger partial charge in [-0.15, -0.1) is 0 Å². The molecule has 0 aliphatic rings. The molecule has 0 atom stereocenters. The standard InChI is InChI=1S/C2H8N6O2/c3-7(4)1(9)2(10)8(5)6/h3-6H2. The van der Waals surface area contributed by atoms with Crippen LogP contribution in [0.15, 0.2) is 0 Å². The maximum atomic E-state index is 10.4. The van der Waals surface area contributed by atoms with Crippen LogP contribution in [0.3, 0.4) is 0 Å². The summed E-state index contributed by atoms with van der Waals surface area (Å²) in [5.74, 6) is 16.3. The first-order valence-corrected chi connectivity index (χ1v) is 2.14. The number of rotatable bonds is 0. The number of carbonyl (C=O) groups excluding carboxylic acids is 2. The molecule has 0 aromatic carbocycles. The zero-order chi connectivity index (χ0) is 8.31. The Hall–Kier alpha value is -1.22. The molecule has 0 aromatic rings. The lowest BCUT2D eigenvalue weighted by Crippen LogP contribution is -2.55. The highest BCUT2D eigenvalue weighted by molar-refractivity contribution is 6.34. The molecule has 8 nitrogen and oxygen atoms in total. The molecule has 0 saturated heterocycles. The molecule has 8 N–H and O–H groups in total. The summed E-state index contributed by atoms with van der Waals surface area (Å²) >= 11 is 0. The average molecular weight is 148 g/mol. The third-order valence-electron chi connectivity index (χ3n) is 0.652. The Kier molecular flexibility index (Phi) is 2.70. The third kappa shape index (κ3) is 1.95. The van der Waals surface area contributed by atoms with E-state index >= 15 is 0 Å². The molecule has 0 aliphatic heterocycles. The van der Waals surface area contributed by atoms with Gasteiger partial charge in [0.1, 0.15) is 0 Å². The average Bonchev–Trinajstić information content (AvgIpc) is 1.84. The van der Waals surface area contributed by atoms with Gasteiger partial charge in [-0.2, -0.15) is 0 Å². The zero-order valence-corrected chi connectivity index (χ0v) is 5.02. The van der Waals surface area contributed by atoms with E-state index in [0.29, 0.717) is 0 Å². The normalized spacial score (nSPS) is 8.80. The molecule has 0 rings (SSSR count). The van der Waals surface area contributed by atoms with Gasteiger partial charge in [-0.05, 0) is 0 Å². The molecule has 0 radical (unpaired) electrons. The molecule has 8 heteroatoms. The molecule has 58 valence electrons. The van der Waals surface area contributed by atoms with Gasteiger partial charge in [0.2, 0.25) is 0 Å². The summed E-state index contributed by atoms with van der Waals surface area (Å²) < 4.78 is 0. The van der Waals surface area contributed by atoms with Crippen LogP contribution in [-0.2, 0) is 9.59 Å². The van der Waals surface area contributed by atoms with Gasteiger partial charge in [0.25, 0.3) is 0 Å². The van der Waals surface area contributed by atoms with Crippen molar-refractivity contribution in [3.63, 3.8) is 0 Å². The highest BCUT2D eigenvalue weighted by atomic mass is 16.2. The summed E-state index contributed by atoms with van der Waals surface area (Å²) in [4.78, 5) is 20.8. The van der Waals surface area contributed by atoms with E-state index in [-0.39, 0.29) is 10.2 Å². The number of nitrogens with zero attached hydrogens (tertiary/aromatic N) is 2. The molecule has 0 heterocycles. The lowest BCUT2D eigenvalue weighted by atomic mass is 10.6. The van der Waals surface area contributed by atoms with Crippen molar-refractivity contribution in [3.05, 3.63) is 0 Å². The van der Waals surface area contributed by atoms with Crippen LogP contribution in [0.5, 0.6) is 0 Å². The number of hydrogen-bond acceptors (Lipinski definition) is 6. The molecule has 10 heavy (non-hydrogen) atoms. The van der Waals surface area contributed by atoms with Crippen molar-refractivity contribution in [1.82, 2.24) is 10.2 Å². The topological polar surface area (TPSA) is 145 Å². The smallest absolute Gasteiger partial charge is 0.260 e. The van der Waals surface area contributed by atoms with Crippen molar-refractivity contribution >= 4 is 11.8 Å². The molecular weight excluding hydrogens is 140 g/mol. The summed E-state index contributed by atoms with van der Waals surface area (Å²) in [5.41, 5.74) is 0. The number of carbonyl (C=O) groups is 2. The first kappa shape index (κ1) is 8.78. The molecule has 0 spiro atoms. The van der Waals surface area contributed by atoms with Crippen molar-refractivity contribution in [3.8, 4) is 0 Å². The summed E-state index contributed by atoms with van der Waals surface area (Å²) in [5, 5.41) is 0.185. The number of amides is 2. The first-order valence-electron chi connectivity index (χ1n) is 2.14. The summed E-state index contributed by atoms with van der Waals surface area (Å²) in [6.45, 7) is 0. The molecule has 0 aliphatic carbocycles. The molecule has 2 amide bonds. The SMILES string of the molecule is NN(N)C(=O)C(=O)N(N)N. The van der Waals surface area contributed by atoms with Crippen LogP contribution in [0.2, 0.25) is 0 Å². The first-order chi connectivity index (χ1) is 4.46. The van der Waals surface area contributed by atoms with Gasteiger partial charge >= 0.3 is 11.8 Å². The van der Waals surface area contributed by atoms with Crippen LogP contribution in [0.4, 0.5) is 0 Å². The van der Waals surface area contributed by atoms with Gasteiger partial charge in [-0.25, -0.2) is 33.6 Å². The van der Waals surface area contributed by atoms with Crippen molar-refractivity contribution in [2.45, 2.75) is 0 Å². The van der Waals surface area contributed by atoms with E-state index in [2.05, 4.69) is 23.4 Å². The maximum Gasteiger partial charge on any atom is 0.343 e. The van der Waals surface area contributed by atoms with Crippen LogP contribution in [0.25, 0.3) is 0 Å². The van der Waals surface area contributed by atoms with Gasteiger partial charge in [0.05, 0.1) is 0 Å². The van der Waals surface area contributed by atoms with Crippen molar-refractivity contribution in [2.75, 3.05) is 0 Å². The monoisotopic (exact) mass is 148 g/mol. The van der Waals surface area contributed by atoms with E-state index in [0.717, 1.165) is 0 Å². The number of hydrazine groups is 4. The number of hydrogen-bond donors (Lipinski definition) is 4. The Morgan fingerprint density at radius 2 is 1.00 bits per heavy atom. The summed E-state index contributed by atoms with van der Waals surface area (Å²) in [6, 6.07) is 0. The Labute approximate surface area is 56.2 Å². The van der Waals surface area contributed by atoms with Gasteiger partial charge in [0.15, 0.2) is 0 Å². The van der Waals surface area contributed by atoms with Crippen molar-refractivity contribution in [1.29, 1.82) is 0 Å². The Morgan fingerprint density at radius 3 is 1.10 bits per heavy atom. The third-order valence-corrected chi connectivity index (χ3v) is 0.652. The van der Waals surface area contributed by atoms with Gasteiger partial charge in [0, 0.05) is 0 Å². The lowest BCUT2D eigenvalue weighted by molar-refractivity contribution is -0.152. The quantitative estimate of drug-likeness (QED) is 0.120. The second-order valence-electron chi connectivity index (χ2n) is 1.42. The predicted octanol–water partition coefficient (Wildman–Crippen LogP) is -3.86. The number of nitrogens with two attached hydrogens (primary N) is 4. The van der Waals surface area contributed by atoms with Crippen molar-refractivity contribution in [2.24, 2.45) is 23.4 Å². The van der Waals surface area contributed by atoms with Crippen LogP contribution >= 0.6 is 0 Å². The van der Waals surface area contributed by atoms with Gasteiger partial charge < -0.3 is 0 Å². The zero-order valence-electron chi connectivity index (χ0n) is 5.02. The fourth-order valence-corrected chi connectivity index (χ4v) is 0.221. The highest BCUT2D eigenvalue weighted by Gasteiger charge is 2.19. The largest absolute Gasteiger partial charge is 0.343 e. The van der Waals surface area contributed by atoms with Gasteiger partial charge in [-0.3, -0.25) is 9.59 Å². The molecule has 0 aromatic heterocycles. The Bertz CT molecular complexity index is 134. The van der Waals surface area contributed by atoms with E-state index in [4.69, 9.17) is 0 Å². The van der Waals surface area contributed by atoms with E-state index in [1.807, 2.05) is 0 Å². The van der Waals surface area contributed by atoms with E-state index < -0.39 is 11.8 Å². The summed E-state index contributed by atoms with van der Waals surface area (Å²) in [7, 11) is 0. The second kappa shape index (κ2) is 3.08. The van der Waals surface area contributed by atoms with E-state index in [1.165, 1.54) is 0 Å². The Morgan fingerprint density at radius 1 is 0.800 bits per heavy atom. The minimum Gasteiger partial charge on any atom is -0.260 e. The van der Waals surface area contributed by atoms with Crippen molar-refractivity contribution < 1.29 is 9.59 Å².